The second-order valence-electron chi connectivity index (χ2n) is 2.62. The summed E-state index contributed by atoms with van der Waals surface area (Å²) in [6, 6.07) is 0. The van der Waals surface area contributed by atoms with Crippen molar-refractivity contribution in [3.05, 3.63) is 11.6 Å². The van der Waals surface area contributed by atoms with Gasteiger partial charge in [0.2, 0.25) is 0 Å². The minimum absolute atomic E-state index is 0.123. The number of hydrogen-bond acceptors (Lipinski definition) is 1. The summed E-state index contributed by atoms with van der Waals surface area (Å²) in [5.74, 6) is 0. The lowest BCUT2D eigenvalue weighted by molar-refractivity contribution is -0.191. The maximum atomic E-state index is 11.8. The molecule has 0 fully saturated rings. The Kier molecular flexibility index (Phi) is 2.23. The quantitative estimate of drug-likeness (QED) is 0.591. The average molecular weight is 166 g/mol. The summed E-state index contributed by atoms with van der Waals surface area (Å²) in [5.41, 5.74) is 0.123. The van der Waals surface area contributed by atoms with Gasteiger partial charge in [0.1, 0.15) is 0 Å². The molecule has 0 unspecified atom stereocenters. The zero-order chi connectivity index (χ0) is 8.48. The first-order valence-corrected chi connectivity index (χ1v) is 3.45. The third-order valence-corrected chi connectivity index (χ3v) is 1.74. The number of alkyl halides is 3. The van der Waals surface area contributed by atoms with E-state index in [9.17, 15) is 13.2 Å². The van der Waals surface area contributed by atoms with Crippen LogP contribution < -0.4 is 0 Å². The summed E-state index contributed by atoms with van der Waals surface area (Å²) in [4.78, 5) is 0. The van der Waals surface area contributed by atoms with E-state index in [0.29, 0.717) is 12.8 Å². The summed E-state index contributed by atoms with van der Waals surface area (Å²) >= 11 is 0. The molecule has 0 bridgehead atoms. The summed E-state index contributed by atoms with van der Waals surface area (Å²) in [5, 5.41) is 8.69. The van der Waals surface area contributed by atoms with Gasteiger partial charge in [0.15, 0.2) is 6.10 Å². The Hall–Kier alpha value is -0.510. The molecular weight excluding hydrogens is 157 g/mol. The Morgan fingerprint density at radius 2 is 2.09 bits per heavy atom. The monoisotopic (exact) mass is 166 g/mol. The molecule has 1 N–H and O–H groups in total. The van der Waals surface area contributed by atoms with Crippen molar-refractivity contribution in [3.8, 4) is 0 Å². The van der Waals surface area contributed by atoms with Crippen LogP contribution in [-0.2, 0) is 0 Å². The van der Waals surface area contributed by atoms with Crippen molar-refractivity contribution >= 4 is 0 Å². The number of aliphatic hydroxyl groups excluding tert-OH is 1. The van der Waals surface area contributed by atoms with E-state index in [-0.39, 0.29) is 5.57 Å². The standard InChI is InChI=1S/C7H9F3O/c8-7(9,10)6(11)5-3-1-2-4-5/h3,6,11H,1-2,4H2/t6-/m0/s1. The van der Waals surface area contributed by atoms with Crippen molar-refractivity contribution in [2.24, 2.45) is 0 Å². The molecule has 1 rings (SSSR count). The topological polar surface area (TPSA) is 20.2 Å². The lowest BCUT2D eigenvalue weighted by Gasteiger charge is -2.14. The van der Waals surface area contributed by atoms with E-state index >= 15 is 0 Å². The molecule has 0 aromatic rings. The molecule has 4 heteroatoms. The Balaban J connectivity index is 2.60. The second-order valence-corrected chi connectivity index (χ2v) is 2.62. The minimum atomic E-state index is -4.49. The van der Waals surface area contributed by atoms with Crippen molar-refractivity contribution in [2.45, 2.75) is 31.5 Å². The fourth-order valence-corrected chi connectivity index (χ4v) is 1.15. The summed E-state index contributed by atoms with van der Waals surface area (Å²) in [6.07, 6.45) is -3.50. The number of aliphatic hydroxyl groups is 1. The predicted molar refractivity (Wildman–Crippen MR) is 34.0 cm³/mol. The fraction of sp³-hybridized carbons (Fsp3) is 0.714. The highest BCUT2D eigenvalue weighted by molar-refractivity contribution is 5.14. The van der Waals surface area contributed by atoms with E-state index in [0.717, 1.165) is 6.42 Å². The molecule has 0 spiro atoms. The molecule has 0 saturated heterocycles. The van der Waals surface area contributed by atoms with Crippen LogP contribution in [0, 0.1) is 0 Å². The zero-order valence-corrected chi connectivity index (χ0v) is 5.86. The number of hydrogen-bond donors (Lipinski definition) is 1. The van der Waals surface area contributed by atoms with Crippen LogP contribution in [0.4, 0.5) is 13.2 Å². The Bertz CT molecular complexity index is 171. The normalized spacial score (nSPS) is 21.6. The summed E-state index contributed by atoms with van der Waals surface area (Å²) in [6.45, 7) is 0. The van der Waals surface area contributed by atoms with Crippen molar-refractivity contribution in [1.29, 1.82) is 0 Å². The van der Waals surface area contributed by atoms with Crippen LogP contribution >= 0.6 is 0 Å². The molecule has 0 radical (unpaired) electrons. The van der Waals surface area contributed by atoms with Gasteiger partial charge in [-0.1, -0.05) is 6.08 Å². The smallest absolute Gasteiger partial charge is 0.379 e. The molecule has 0 aliphatic heterocycles. The molecule has 64 valence electrons. The van der Waals surface area contributed by atoms with Crippen LogP contribution in [0.1, 0.15) is 19.3 Å². The SMILES string of the molecule is O[C@@H](C1=CCCC1)C(F)(F)F. The highest BCUT2D eigenvalue weighted by Gasteiger charge is 2.40. The Morgan fingerprint density at radius 3 is 2.45 bits per heavy atom. The van der Waals surface area contributed by atoms with Crippen LogP contribution in [0.25, 0.3) is 0 Å². The third-order valence-electron chi connectivity index (χ3n) is 1.74. The van der Waals surface area contributed by atoms with E-state index < -0.39 is 12.3 Å². The summed E-state index contributed by atoms with van der Waals surface area (Å²) < 4.78 is 35.4. The molecule has 1 nitrogen and oxygen atoms in total. The van der Waals surface area contributed by atoms with Crippen molar-refractivity contribution in [2.75, 3.05) is 0 Å². The van der Waals surface area contributed by atoms with Gasteiger partial charge in [0.05, 0.1) is 0 Å². The van der Waals surface area contributed by atoms with Crippen LogP contribution in [0.5, 0.6) is 0 Å². The van der Waals surface area contributed by atoms with Crippen LogP contribution in [0.3, 0.4) is 0 Å². The molecule has 1 aliphatic carbocycles. The molecule has 1 aliphatic rings. The zero-order valence-electron chi connectivity index (χ0n) is 5.86. The van der Waals surface area contributed by atoms with Gasteiger partial charge in [-0.15, -0.1) is 0 Å². The van der Waals surface area contributed by atoms with E-state index in [1.54, 1.807) is 0 Å². The molecule has 0 amide bonds. The Labute approximate surface area is 62.5 Å². The molecule has 0 aromatic carbocycles. The van der Waals surface area contributed by atoms with Crippen LogP contribution in [0.2, 0.25) is 0 Å². The highest BCUT2D eigenvalue weighted by atomic mass is 19.4. The van der Waals surface area contributed by atoms with Gasteiger partial charge in [0, 0.05) is 0 Å². The van der Waals surface area contributed by atoms with Gasteiger partial charge in [-0.3, -0.25) is 0 Å². The molecule has 1 atom stereocenters. The maximum absolute atomic E-state index is 11.8. The lowest BCUT2D eigenvalue weighted by atomic mass is 10.1. The largest absolute Gasteiger partial charge is 0.418 e. The highest BCUT2D eigenvalue weighted by Crippen LogP contribution is 2.31. The summed E-state index contributed by atoms with van der Waals surface area (Å²) in [7, 11) is 0. The van der Waals surface area contributed by atoms with E-state index in [1.807, 2.05) is 0 Å². The third kappa shape index (κ3) is 1.96. The number of rotatable bonds is 1. The minimum Gasteiger partial charge on any atom is -0.379 e. The Morgan fingerprint density at radius 1 is 1.45 bits per heavy atom. The maximum Gasteiger partial charge on any atom is 0.418 e. The van der Waals surface area contributed by atoms with Crippen molar-refractivity contribution in [1.82, 2.24) is 0 Å². The first-order valence-electron chi connectivity index (χ1n) is 3.45. The lowest BCUT2D eigenvalue weighted by Crippen LogP contribution is -2.29. The van der Waals surface area contributed by atoms with E-state index in [2.05, 4.69) is 0 Å². The molecule has 11 heavy (non-hydrogen) atoms. The fourth-order valence-electron chi connectivity index (χ4n) is 1.15. The molecule has 0 aromatic heterocycles. The first-order chi connectivity index (χ1) is 5.02. The van der Waals surface area contributed by atoms with Crippen LogP contribution in [-0.4, -0.2) is 17.4 Å². The van der Waals surface area contributed by atoms with Crippen molar-refractivity contribution in [3.63, 3.8) is 0 Å². The van der Waals surface area contributed by atoms with Gasteiger partial charge >= 0.3 is 6.18 Å². The van der Waals surface area contributed by atoms with Gasteiger partial charge in [-0.05, 0) is 24.8 Å². The van der Waals surface area contributed by atoms with Crippen LogP contribution in [0.15, 0.2) is 11.6 Å². The van der Waals surface area contributed by atoms with Gasteiger partial charge in [0.25, 0.3) is 0 Å². The van der Waals surface area contributed by atoms with Gasteiger partial charge < -0.3 is 5.11 Å². The predicted octanol–water partition coefficient (Wildman–Crippen LogP) is 2.02. The van der Waals surface area contributed by atoms with Crippen molar-refractivity contribution < 1.29 is 18.3 Å². The number of allylic oxidation sites excluding steroid dienone is 1. The first kappa shape index (κ1) is 8.59. The molecule has 0 saturated carbocycles. The van der Waals surface area contributed by atoms with Gasteiger partial charge in [-0.25, -0.2) is 0 Å². The van der Waals surface area contributed by atoms with Gasteiger partial charge in [-0.2, -0.15) is 13.2 Å². The second kappa shape index (κ2) is 2.85. The van der Waals surface area contributed by atoms with E-state index in [1.165, 1.54) is 6.08 Å². The average Bonchev–Trinajstić information content (AvgIpc) is 2.34. The molecule has 0 heterocycles. The van der Waals surface area contributed by atoms with E-state index in [4.69, 9.17) is 5.11 Å². The molecular formula is C7H9F3O. The number of halogens is 3.